The van der Waals surface area contributed by atoms with Crippen molar-refractivity contribution in [2.75, 3.05) is 18.3 Å². The minimum Gasteiger partial charge on any atom is -0.493 e. The average Bonchev–Trinajstić information content (AvgIpc) is 3.15. The van der Waals surface area contributed by atoms with Crippen LogP contribution in [0.25, 0.3) is 6.08 Å². The Morgan fingerprint density at radius 1 is 1.13 bits per heavy atom. The molecule has 154 valence electrons. The highest BCUT2D eigenvalue weighted by Crippen LogP contribution is 2.39. The Labute approximate surface area is 173 Å². The van der Waals surface area contributed by atoms with Gasteiger partial charge in [0.15, 0.2) is 11.5 Å². The Kier molecular flexibility index (Phi) is 4.91. The molecule has 0 spiro atoms. The Hall–Kier alpha value is -3.81. The molecule has 2 heterocycles. The normalized spacial score (nSPS) is 16.8. The number of ether oxygens (including phenoxy) is 3. The van der Waals surface area contributed by atoms with Gasteiger partial charge in [-0.15, -0.1) is 0 Å². The van der Waals surface area contributed by atoms with Gasteiger partial charge in [-0.05, 0) is 50.1 Å². The molecule has 2 aromatic rings. The van der Waals surface area contributed by atoms with Crippen molar-refractivity contribution in [3.8, 4) is 17.2 Å². The number of hydrogen-bond acceptors (Lipinski definition) is 6. The van der Waals surface area contributed by atoms with E-state index in [1.54, 1.807) is 24.3 Å². The summed E-state index contributed by atoms with van der Waals surface area (Å²) in [6.07, 6.45) is 1.40. The van der Waals surface area contributed by atoms with E-state index >= 15 is 0 Å². The van der Waals surface area contributed by atoms with Gasteiger partial charge >= 0.3 is 6.03 Å². The maximum Gasteiger partial charge on any atom is 0.335 e. The van der Waals surface area contributed by atoms with Crippen LogP contribution in [-0.2, 0) is 9.59 Å². The van der Waals surface area contributed by atoms with Crippen LogP contribution in [0.2, 0.25) is 0 Å². The summed E-state index contributed by atoms with van der Waals surface area (Å²) in [5.74, 6) is -0.0436. The van der Waals surface area contributed by atoms with E-state index in [4.69, 9.17) is 14.2 Å². The fourth-order valence-electron chi connectivity index (χ4n) is 3.34. The maximum atomic E-state index is 13.2. The van der Waals surface area contributed by atoms with Crippen LogP contribution < -0.4 is 24.4 Å². The van der Waals surface area contributed by atoms with Gasteiger partial charge in [0.1, 0.15) is 11.3 Å². The molecule has 0 aromatic heterocycles. The van der Waals surface area contributed by atoms with Crippen molar-refractivity contribution in [2.45, 2.75) is 20.8 Å². The number of carbonyl (C=O) groups excluding carboxylic acids is 3. The molecule has 2 aliphatic heterocycles. The zero-order valence-corrected chi connectivity index (χ0v) is 16.8. The minimum atomic E-state index is -0.786. The van der Waals surface area contributed by atoms with Crippen LogP contribution in [-0.4, -0.2) is 31.2 Å². The second-order valence-corrected chi connectivity index (χ2v) is 6.85. The van der Waals surface area contributed by atoms with Crippen LogP contribution in [0.15, 0.2) is 35.9 Å². The van der Waals surface area contributed by atoms with Gasteiger partial charge in [-0.3, -0.25) is 14.9 Å². The molecule has 1 fully saturated rings. The van der Waals surface area contributed by atoms with Crippen molar-refractivity contribution in [1.82, 2.24) is 5.32 Å². The fraction of sp³-hybridized carbons (Fsp3) is 0.227. The van der Waals surface area contributed by atoms with Gasteiger partial charge in [-0.2, -0.15) is 0 Å². The quantitative estimate of drug-likeness (QED) is 0.617. The number of aryl methyl sites for hydroxylation is 1. The first-order valence-corrected chi connectivity index (χ1v) is 9.44. The molecule has 4 rings (SSSR count). The summed E-state index contributed by atoms with van der Waals surface area (Å²) in [6, 6.07) is 7.80. The summed E-state index contributed by atoms with van der Waals surface area (Å²) in [4.78, 5) is 39.2. The maximum absolute atomic E-state index is 13.2. The molecule has 2 aromatic carbocycles. The van der Waals surface area contributed by atoms with Gasteiger partial charge in [-0.25, -0.2) is 9.69 Å². The lowest BCUT2D eigenvalue weighted by Gasteiger charge is -2.28. The molecule has 30 heavy (non-hydrogen) atoms. The molecule has 2 aliphatic rings. The number of amides is 4. The van der Waals surface area contributed by atoms with Crippen molar-refractivity contribution >= 4 is 29.6 Å². The van der Waals surface area contributed by atoms with E-state index in [0.29, 0.717) is 35.1 Å². The van der Waals surface area contributed by atoms with E-state index < -0.39 is 17.8 Å². The van der Waals surface area contributed by atoms with E-state index in [2.05, 4.69) is 5.32 Å². The zero-order chi connectivity index (χ0) is 21.4. The molecule has 0 unspecified atom stereocenters. The number of benzene rings is 2. The highest BCUT2D eigenvalue weighted by Gasteiger charge is 2.37. The largest absolute Gasteiger partial charge is 0.493 e. The molecule has 0 saturated carbocycles. The van der Waals surface area contributed by atoms with Gasteiger partial charge < -0.3 is 14.2 Å². The number of fused-ring (bicyclic) bond motifs is 1. The summed E-state index contributed by atoms with van der Waals surface area (Å²) in [5, 5.41) is 2.24. The zero-order valence-electron chi connectivity index (χ0n) is 16.8. The highest BCUT2D eigenvalue weighted by atomic mass is 16.7. The second kappa shape index (κ2) is 7.55. The molecule has 8 heteroatoms. The third-order valence-electron chi connectivity index (χ3n) is 5.02. The van der Waals surface area contributed by atoms with Crippen LogP contribution in [0.1, 0.15) is 23.6 Å². The summed E-state index contributed by atoms with van der Waals surface area (Å²) in [6.45, 7) is 5.98. The van der Waals surface area contributed by atoms with Crippen LogP contribution in [0, 0.1) is 13.8 Å². The lowest BCUT2D eigenvalue weighted by atomic mass is 10.0. The van der Waals surface area contributed by atoms with Crippen LogP contribution in [0.3, 0.4) is 0 Å². The van der Waals surface area contributed by atoms with E-state index in [9.17, 15) is 14.4 Å². The standard InChI is InChI=1S/C22H20N2O6/c1-4-28-17-10-19-18(29-11-30-19)9-14(17)8-15-20(25)23-22(27)24(21(15)26)16-7-5-6-12(2)13(16)3/h5-10H,4,11H2,1-3H3,(H,23,25,27)/b15-8-. The molecule has 4 amide bonds. The third kappa shape index (κ3) is 3.26. The number of barbiturate groups is 1. The number of urea groups is 1. The Morgan fingerprint density at radius 2 is 1.87 bits per heavy atom. The van der Waals surface area contributed by atoms with E-state index in [0.717, 1.165) is 16.0 Å². The fourth-order valence-corrected chi connectivity index (χ4v) is 3.34. The molecule has 0 bridgehead atoms. The van der Waals surface area contributed by atoms with E-state index in [1.807, 2.05) is 26.8 Å². The van der Waals surface area contributed by atoms with Gasteiger partial charge in [0, 0.05) is 11.6 Å². The molecule has 0 aliphatic carbocycles. The number of carbonyl (C=O) groups is 3. The lowest BCUT2D eigenvalue weighted by Crippen LogP contribution is -2.54. The SMILES string of the molecule is CCOc1cc2c(cc1/C=C1/C(=O)NC(=O)N(c3cccc(C)c3C)C1=O)OCO2. The third-order valence-corrected chi connectivity index (χ3v) is 5.02. The summed E-state index contributed by atoms with van der Waals surface area (Å²) in [7, 11) is 0. The number of hydrogen-bond donors (Lipinski definition) is 1. The first kappa shape index (κ1) is 19.5. The van der Waals surface area contributed by atoms with Crippen molar-refractivity contribution < 1.29 is 28.6 Å². The smallest absolute Gasteiger partial charge is 0.335 e. The summed E-state index contributed by atoms with van der Waals surface area (Å²) < 4.78 is 16.4. The number of anilines is 1. The van der Waals surface area contributed by atoms with Crippen molar-refractivity contribution in [3.05, 3.63) is 52.6 Å². The summed E-state index contributed by atoms with van der Waals surface area (Å²) >= 11 is 0. The highest BCUT2D eigenvalue weighted by molar-refractivity contribution is 6.39. The topological polar surface area (TPSA) is 94.2 Å². The van der Waals surface area contributed by atoms with E-state index in [-0.39, 0.29) is 12.4 Å². The molecule has 8 nitrogen and oxygen atoms in total. The number of imide groups is 2. The molecule has 1 saturated heterocycles. The van der Waals surface area contributed by atoms with E-state index in [1.165, 1.54) is 6.08 Å². The van der Waals surface area contributed by atoms with Crippen LogP contribution in [0.4, 0.5) is 10.5 Å². The van der Waals surface area contributed by atoms with Gasteiger partial charge in [0.2, 0.25) is 6.79 Å². The molecular formula is C22H20N2O6. The predicted molar refractivity (Wildman–Crippen MR) is 109 cm³/mol. The van der Waals surface area contributed by atoms with Crippen LogP contribution >= 0.6 is 0 Å². The van der Waals surface area contributed by atoms with Gasteiger partial charge in [0.25, 0.3) is 11.8 Å². The van der Waals surface area contributed by atoms with Crippen molar-refractivity contribution in [2.24, 2.45) is 0 Å². The number of nitrogens with zero attached hydrogens (tertiary/aromatic N) is 1. The number of rotatable bonds is 4. The predicted octanol–water partition coefficient (Wildman–Crippen LogP) is 3.10. The van der Waals surface area contributed by atoms with Crippen molar-refractivity contribution in [1.29, 1.82) is 0 Å². The average molecular weight is 408 g/mol. The van der Waals surface area contributed by atoms with Crippen LogP contribution in [0.5, 0.6) is 17.2 Å². The second-order valence-electron chi connectivity index (χ2n) is 6.85. The lowest BCUT2D eigenvalue weighted by molar-refractivity contribution is -0.122. The molecule has 0 atom stereocenters. The summed E-state index contributed by atoms with van der Waals surface area (Å²) in [5.41, 5.74) is 2.40. The molecular weight excluding hydrogens is 388 g/mol. The number of nitrogens with one attached hydrogen (secondary N) is 1. The Bertz CT molecular complexity index is 1110. The van der Waals surface area contributed by atoms with Crippen molar-refractivity contribution in [3.63, 3.8) is 0 Å². The first-order chi connectivity index (χ1) is 14.4. The van der Waals surface area contributed by atoms with Gasteiger partial charge in [0.05, 0.1) is 12.3 Å². The molecule has 1 N–H and O–H groups in total. The van der Waals surface area contributed by atoms with Gasteiger partial charge in [-0.1, -0.05) is 12.1 Å². The first-order valence-electron chi connectivity index (χ1n) is 9.44. The Morgan fingerprint density at radius 3 is 2.60 bits per heavy atom. The monoisotopic (exact) mass is 408 g/mol. The molecule has 0 radical (unpaired) electrons. The Balaban J connectivity index is 1.80. The minimum absolute atomic E-state index is 0.0786.